The number of alkyl halides is 3. The third-order valence-electron chi connectivity index (χ3n) is 7.41. The van der Waals surface area contributed by atoms with E-state index in [-0.39, 0.29) is 61.8 Å². The van der Waals surface area contributed by atoms with Crippen LogP contribution in [-0.4, -0.2) is 63.4 Å². The first-order valence-corrected chi connectivity index (χ1v) is 13.8. The number of aliphatic hydroxyl groups is 1. The molecule has 4 aromatic rings. The zero-order chi connectivity index (χ0) is 32.2. The first-order chi connectivity index (χ1) is 21.4. The topological polar surface area (TPSA) is 86.5 Å². The predicted octanol–water partition coefficient (Wildman–Crippen LogP) is 5.08. The van der Waals surface area contributed by atoms with Gasteiger partial charge in [0.1, 0.15) is 35.7 Å². The summed E-state index contributed by atoms with van der Waals surface area (Å²) in [7, 11) is 0. The van der Waals surface area contributed by atoms with Gasteiger partial charge in [-0.3, -0.25) is 9.69 Å². The van der Waals surface area contributed by atoms with Gasteiger partial charge in [0.25, 0.3) is 0 Å². The SMILES string of the molecule is O=C(/C=C/c1ccccc1F)Nc1ccc(N2CCN(CC(O)(Cn3cncn3)c3ccc(F)cc3F)CC2)c(C(F)(F)F)c1. The van der Waals surface area contributed by atoms with Crippen molar-refractivity contribution in [3.8, 4) is 0 Å². The van der Waals surface area contributed by atoms with Gasteiger partial charge in [0.2, 0.25) is 5.91 Å². The monoisotopic (exact) mass is 630 g/mol. The van der Waals surface area contributed by atoms with E-state index in [4.69, 9.17) is 0 Å². The quantitative estimate of drug-likeness (QED) is 0.198. The summed E-state index contributed by atoms with van der Waals surface area (Å²) >= 11 is 0. The first-order valence-electron chi connectivity index (χ1n) is 13.8. The second-order valence-corrected chi connectivity index (χ2v) is 10.6. The van der Waals surface area contributed by atoms with E-state index in [0.717, 1.165) is 24.3 Å². The molecule has 0 bridgehead atoms. The molecule has 1 unspecified atom stereocenters. The van der Waals surface area contributed by atoms with E-state index < -0.39 is 40.7 Å². The molecule has 236 valence electrons. The minimum atomic E-state index is -4.74. The number of benzene rings is 3. The number of hydrogen-bond acceptors (Lipinski definition) is 6. The highest BCUT2D eigenvalue weighted by Crippen LogP contribution is 2.39. The van der Waals surface area contributed by atoms with Crippen LogP contribution in [0.25, 0.3) is 6.08 Å². The fourth-order valence-corrected chi connectivity index (χ4v) is 5.26. The maximum absolute atomic E-state index is 14.8. The van der Waals surface area contributed by atoms with Crippen molar-refractivity contribution in [2.45, 2.75) is 18.3 Å². The van der Waals surface area contributed by atoms with Crippen LogP contribution in [0.5, 0.6) is 0 Å². The first kappa shape index (κ1) is 31.7. The molecule has 45 heavy (non-hydrogen) atoms. The van der Waals surface area contributed by atoms with E-state index in [0.29, 0.717) is 6.07 Å². The normalized spacial score (nSPS) is 15.8. The third kappa shape index (κ3) is 7.70. The number of aromatic nitrogens is 3. The number of rotatable bonds is 9. The molecule has 5 rings (SSSR count). The van der Waals surface area contributed by atoms with Gasteiger partial charge in [-0.05, 0) is 36.4 Å². The molecule has 8 nitrogen and oxygen atoms in total. The Morgan fingerprint density at radius 2 is 1.67 bits per heavy atom. The number of amides is 1. The number of piperazine rings is 1. The van der Waals surface area contributed by atoms with Crippen LogP contribution in [0, 0.1) is 17.5 Å². The zero-order valence-electron chi connectivity index (χ0n) is 23.7. The van der Waals surface area contributed by atoms with Gasteiger partial charge in [0, 0.05) is 67.4 Å². The van der Waals surface area contributed by atoms with Crippen molar-refractivity contribution < 1.29 is 36.2 Å². The van der Waals surface area contributed by atoms with Crippen LogP contribution in [0.4, 0.5) is 37.7 Å². The van der Waals surface area contributed by atoms with Crippen molar-refractivity contribution in [1.29, 1.82) is 0 Å². The van der Waals surface area contributed by atoms with Crippen LogP contribution in [0.15, 0.2) is 79.4 Å². The highest BCUT2D eigenvalue weighted by atomic mass is 19.4. The van der Waals surface area contributed by atoms with Crippen LogP contribution in [0.2, 0.25) is 0 Å². The molecule has 1 amide bonds. The summed E-state index contributed by atoms with van der Waals surface area (Å²) < 4.78 is 86.0. The molecule has 0 saturated carbocycles. The maximum Gasteiger partial charge on any atom is 0.418 e. The van der Waals surface area contributed by atoms with Gasteiger partial charge in [0.15, 0.2) is 0 Å². The van der Waals surface area contributed by atoms with Gasteiger partial charge in [-0.2, -0.15) is 18.3 Å². The fourth-order valence-electron chi connectivity index (χ4n) is 5.26. The van der Waals surface area contributed by atoms with Gasteiger partial charge < -0.3 is 15.3 Å². The van der Waals surface area contributed by atoms with E-state index >= 15 is 0 Å². The number of carbonyl (C=O) groups excluding carboxylic acids is 1. The van der Waals surface area contributed by atoms with Crippen LogP contribution in [-0.2, 0) is 23.1 Å². The second kappa shape index (κ2) is 13.1. The molecule has 1 aromatic heterocycles. The summed E-state index contributed by atoms with van der Waals surface area (Å²) in [5.41, 5.74) is -2.99. The number of β-amino-alcohol motifs (C(OH)–C–C–N with tert-alkyl or cyclic N) is 1. The van der Waals surface area contributed by atoms with E-state index in [1.807, 2.05) is 0 Å². The third-order valence-corrected chi connectivity index (χ3v) is 7.41. The van der Waals surface area contributed by atoms with Crippen molar-refractivity contribution >= 4 is 23.4 Å². The summed E-state index contributed by atoms with van der Waals surface area (Å²) in [5, 5.41) is 18.0. The Balaban J connectivity index is 1.29. The second-order valence-electron chi connectivity index (χ2n) is 10.6. The van der Waals surface area contributed by atoms with Gasteiger partial charge in [-0.25, -0.2) is 22.8 Å². The summed E-state index contributed by atoms with van der Waals surface area (Å²) in [6.07, 6.45) is 0.0991. The van der Waals surface area contributed by atoms with E-state index in [1.165, 1.54) is 58.6 Å². The number of hydrogen-bond donors (Lipinski definition) is 2. The number of carbonyl (C=O) groups is 1. The summed E-state index contributed by atoms with van der Waals surface area (Å²) in [4.78, 5) is 19.5. The van der Waals surface area contributed by atoms with Crippen molar-refractivity contribution in [3.63, 3.8) is 0 Å². The molecular weight excluding hydrogens is 602 g/mol. The average molecular weight is 631 g/mol. The maximum atomic E-state index is 14.8. The van der Waals surface area contributed by atoms with E-state index in [1.54, 1.807) is 11.0 Å². The molecule has 0 aliphatic carbocycles. The van der Waals surface area contributed by atoms with Crippen LogP contribution in [0.1, 0.15) is 16.7 Å². The van der Waals surface area contributed by atoms with Crippen molar-refractivity contribution in [3.05, 3.63) is 114 Å². The molecule has 1 atom stereocenters. The smallest absolute Gasteiger partial charge is 0.382 e. The fraction of sp³-hybridized carbons (Fsp3) is 0.258. The summed E-state index contributed by atoms with van der Waals surface area (Å²) in [6, 6.07) is 12.1. The molecule has 2 heterocycles. The molecule has 1 aliphatic rings. The van der Waals surface area contributed by atoms with Gasteiger partial charge in [-0.15, -0.1) is 0 Å². The Bertz CT molecular complexity index is 1670. The zero-order valence-corrected chi connectivity index (χ0v) is 23.7. The van der Waals surface area contributed by atoms with Crippen molar-refractivity contribution in [1.82, 2.24) is 19.7 Å². The standard InChI is InChI=1S/C31H28F6N6O2/c32-22-6-8-24(27(34)15-22)30(45,18-43-20-38-19-39-43)17-41-11-13-42(14-12-41)28-9-7-23(16-25(28)31(35,36)37)40-29(44)10-5-21-3-1-2-4-26(21)33/h1-10,15-16,19-20,45H,11-14,17-18H2,(H,40,44)/b10-5+. The molecule has 1 aliphatic heterocycles. The number of halogens is 6. The number of nitrogens with zero attached hydrogens (tertiary/aromatic N) is 5. The minimum absolute atomic E-state index is 0.0904. The lowest BCUT2D eigenvalue weighted by atomic mass is 9.92. The number of nitrogens with one attached hydrogen (secondary N) is 1. The van der Waals surface area contributed by atoms with E-state index in [2.05, 4.69) is 15.4 Å². The molecule has 0 spiro atoms. The highest BCUT2D eigenvalue weighted by Gasteiger charge is 2.38. The Labute approximate surface area is 254 Å². The minimum Gasteiger partial charge on any atom is -0.382 e. The Kier molecular flexibility index (Phi) is 9.25. The molecule has 1 fully saturated rings. The Morgan fingerprint density at radius 3 is 2.33 bits per heavy atom. The lowest BCUT2D eigenvalue weighted by molar-refractivity contribution is -0.137. The van der Waals surface area contributed by atoms with E-state index in [9.17, 15) is 36.2 Å². The molecule has 14 heteroatoms. The lowest BCUT2D eigenvalue weighted by Crippen LogP contribution is -2.52. The van der Waals surface area contributed by atoms with Gasteiger partial charge in [0.05, 0.1) is 12.1 Å². The molecule has 3 aromatic carbocycles. The molecule has 2 N–H and O–H groups in total. The van der Waals surface area contributed by atoms with Crippen LogP contribution in [0.3, 0.4) is 0 Å². The Morgan fingerprint density at radius 1 is 0.911 bits per heavy atom. The predicted molar refractivity (Wildman–Crippen MR) is 154 cm³/mol. The van der Waals surface area contributed by atoms with Crippen molar-refractivity contribution in [2.24, 2.45) is 0 Å². The lowest BCUT2D eigenvalue weighted by Gasteiger charge is -2.41. The van der Waals surface area contributed by atoms with Crippen LogP contribution < -0.4 is 10.2 Å². The van der Waals surface area contributed by atoms with Crippen molar-refractivity contribution in [2.75, 3.05) is 42.9 Å². The highest BCUT2D eigenvalue weighted by molar-refractivity contribution is 6.02. The average Bonchev–Trinajstić information content (AvgIpc) is 3.49. The molecular formula is C31H28F6N6O2. The van der Waals surface area contributed by atoms with Gasteiger partial charge >= 0.3 is 6.18 Å². The van der Waals surface area contributed by atoms with Crippen LogP contribution >= 0.6 is 0 Å². The Hall–Kier alpha value is -4.69. The van der Waals surface area contributed by atoms with Gasteiger partial charge in [-0.1, -0.05) is 24.3 Å². The number of anilines is 2. The molecule has 1 saturated heterocycles. The molecule has 0 radical (unpaired) electrons. The summed E-state index contributed by atoms with van der Waals surface area (Å²) in [5.74, 6) is -3.03. The largest absolute Gasteiger partial charge is 0.418 e. The summed E-state index contributed by atoms with van der Waals surface area (Å²) in [6.45, 7) is 0.423.